The average molecular weight is 459 g/mol. The highest BCUT2D eigenvalue weighted by molar-refractivity contribution is 7.99. The first-order valence-corrected chi connectivity index (χ1v) is 11.7. The van der Waals surface area contributed by atoms with E-state index in [1.54, 1.807) is 31.5 Å². The molecule has 0 fully saturated rings. The number of nitrogens with zero attached hydrogens (tertiary/aromatic N) is 4. The number of hydrogen-bond acceptors (Lipinski definition) is 9. The van der Waals surface area contributed by atoms with Crippen molar-refractivity contribution in [3.8, 4) is 5.88 Å². The smallest absolute Gasteiger partial charge is 0.263 e. The van der Waals surface area contributed by atoms with Crippen LogP contribution in [0.2, 0.25) is 0 Å². The Bertz CT molecular complexity index is 1170. The van der Waals surface area contributed by atoms with Gasteiger partial charge in [0.1, 0.15) is 11.1 Å². The number of nitrogens with one attached hydrogen (secondary N) is 2. The Hall–Kier alpha value is -3.05. The minimum Gasteiger partial charge on any atom is -0.478 e. The minimum absolute atomic E-state index is 0.00162. The number of anilines is 1. The van der Waals surface area contributed by atoms with Crippen LogP contribution in [0.5, 0.6) is 5.88 Å². The number of aromatic nitrogens is 3. The topological polar surface area (TPSA) is 130 Å². The summed E-state index contributed by atoms with van der Waals surface area (Å²) in [6, 6.07) is 8.34. The second-order valence-electron chi connectivity index (χ2n) is 6.61. The van der Waals surface area contributed by atoms with E-state index in [1.165, 1.54) is 31.1 Å². The Morgan fingerprint density at radius 3 is 2.71 bits per heavy atom. The zero-order valence-corrected chi connectivity index (χ0v) is 18.9. The lowest BCUT2D eigenvalue weighted by Crippen LogP contribution is -2.16. The quantitative estimate of drug-likeness (QED) is 0.363. The number of hydrogen-bond donors (Lipinski definition) is 2. The monoisotopic (exact) mass is 458 g/mol. The first-order chi connectivity index (χ1) is 14.9. The average Bonchev–Trinajstić information content (AvgIpc) is 2.77. The number of aryl methyl sites for hydroxylation is 1. The van der Waals surface area contributed by atoms with E-state index >= 15 is 0 Å². The van der Waals surface area contributed by atoms with Gasteiger partial charge in [-0.25, -0.2) is 23.9 Å². The third kappa shape index (κ3) is 5.36. The van der Waals surface area contributed by atoms with Gasteiger partial charge in [0, 0.05) is 18.1 Å². The molecule has 0 aliphatic heterocycles. The van der Waals surface area contributed by atoms with Gasteiger partial charge in [0.2, 0.25) is 5.82 Å². The molecule has 1 aromatic carbocycles. The molecule has 0 amide bonds. The molecule has 31 heavy (non-hydrogen) atoms. The molecule has 11 heteroatoms. The van der Waals surface area contributed by atoms with Crippen LogP contribution in [-0.2, 0) is 10.0 Å². The molecule has 0 aliphatic rings. The lowest BCUT2D eigenvalue weighted by atomic mass is 10.1. The molecule has 162 valence electrons. The Morgan fingerprint density at radius 2 is 2.03 bits per heavy atom. The predicted octanol–water partition coefficient (Wildman–Crippen LogP) is 4.16. The number of thioether (sulfide) groups is 1. The van der Waals surface area contributed by atoms with Crippen molar-refractivity contribution in [1.29, 1.82) is 5.53 Å². The fourth-order valence-electron chi connectivity index (χ4n) is 2.78. The number of pyridine rings is 1. The summed E-state index contributed by atoms with van der Waals surface area (Å²) < 4.78 is 33.4. The van der Waals surface area contributed by atoms with Gasteiger partial charge in [-0.05, 0) is 42.7 Å². The number of benzene rings is 1. The molecule has 2 N–H and O–H groups in total. The maximum Gasteiger partial charge on any atom is 0.263 e. The van der Waals surface area contributed by atoms with Crippen LogP contribution in [0, 0.1) is 19.4 Å². The molecule has 0 bridgehead atoms. The Kier molecular flexibility index (Phi) is 7.18. The maximum absolute atomic E-state index is 12.9. The standard InChI is InChI=1S/C20H22N6O3S2/c1-13-6-4-8-17(14(13)2)31(27,28)26-19-20(29-3)24-18(11-23-19)30-12-16(25-21)15-7-5-9-22-10-15/h4-11,16,21H,12H2,1-3H3,(H,23,26). The van der Waals surface area contributed by atoms with Crippen molar-refractivity contribution >= 4 is 27.6 Å². The molecule has 1 atom stereocenters. The zero-order chi connectivity index (χ0) is 22.4. The maximum atomic E-state index is 12.9. The van der Waals surface area contributed by atoms with Gasteiger partial charge in [-0.2, -0.15) is 5.11 Å². The molecular weight excluding hydrogens is 436 g/mol. The van der Waals surface area contributed by atoms with Crippen LogP contribution in [0.25, 0.3) is 0 Å². The highest BCUT2D eigenvalue weighted by Crippen LogP contribution is 2.30. The molecule has 0 spiro atoms. The number of rotatable bonds is 9. The third-order valence-electron chi connectivity index (χ3n) is 4.60. The van der Waals surface area contributed by atoms with Gasteiger partial charge in [-0.15, -0.1) is 11.8 Å². The highest BCUT2D eigenvalue weighted by atomic mass is 32.2. The fourth-order valence-corrected chi connectivity index (χ4v) is 4.98. The SMILES string of the molecule is COc1nc(SCC(N=N)c2cccnc2)cnc1NS(=O)(=O)c1cccc(C)c1C. The Balaban J connectivity index is 1.78. The van der Waals surface area contributed by atoms with Crippen molar-refractivity contribution < 1.29 is 13.2 Å². The van der Waals surface area contributed by atoms with E-state index in [2.05, 4.69) is 24.8 Å². The zero-order valence-electron chi connectivity index (χ0n) is 17.2. The molecule has 0 aliphatic carbocycles. The first kappa shape index (κ1) is 22.6. The molecule has 9 nitrogen and oxygen atoms in total. The fraction of sp³-hybridized carbons (Fsp3) is 0.250. The molecule has 2 heterocycles. The minimum atomic E-state index is -3.86. The van der Waals surface area contributed by atoms with E-state index in [0.29, 0.717) is 16.3 Å². The second kappa shape index (κ2) is 9.84. The number of ether oxygens (including phenoxy) is 1. The summed E-state index contributed by atoms with van der Waals surface area (Å²) in [5.74, 6) is 0.502. The van der Waals surface area contributed by atoms with Gasteiger partial charge in [0.25, 0.3) is 15.9 Å². The summed E-state index contributed by atoms with van der Waals surface area (Å²) >= 11 is 1.33. The summed E-state index contributed by atoms with van der Waals surface area (Å²) in [4.78, 5) is 12.8. The Labute approximate surface area is 185 Å². The summed E-state index contributed by atoms with van der Waals surface area (Å²) in [5.41, 5.74) is 9.79. The molecule has 0 radical (unpaired) electrons. The molecule has 0 saturated carbocycles. The van der Waals surface area contributed by atoms with E-state index in [-0.39, 0.29) is 22.6 Å². The highest BCUT2D eigenvalue weighted by Gasteiger charge is 2.21. The lowest BCUT2D eigenvalue weighted by Gasteiger charge is -2.14. The summed E-state index contributed by atoms with van der Waals surface area (Å²) in [6.07, 6.45) is 4.78. The normalized spacial score (nSPS) is 12.2. The van der Waals surface area contributed by atoms with E-state index in [4.69, 9.17) is 10.3 Å². The molecule has 1 unspecified atom stereocenters. The number of sulfonamides is 1. The molecular formula is C20H22N6O3S2. The van der Waals surface area contributed by atoms with Gasteiger partial charge in [-0.1, -0.05) is 18.2 Å². The van der Waals surface area contributed by atoms with Gasteiger partial charge in [0.15, 0.2) is 0 Å². The molecule has 0 saturated heterocycles. The molecule has 3 rings (SSSR count). The van der Waals surface area contributed by atoms with Crippen molar-refractivity contribution in [2.75, 3.05) is 17.6 Å². The van der Waals surface area contributed by atoms with Crippen molar-refractivity contribution in [3.05, 3.63) is 65.6 Å². The van der Waals surface area contributed by atoms with Crippen LogP contribution in [0.3, 0.4) is 0 Å². The molecule has 2 aromatic heterocycles. The van der Waals surface area contributed by atoms with E-state index in [9.17, 15) is 8.42 Å². The number of methoxy groups -OCH3 is 1. The first-order valence-electron chi connectivity index (χ1n) is 9.25. The van der Waals surface area contributed by atoms with Crippen LogP contribution >= 0.6 is 11.8 Å². The van der Waals surface area contributed by atoms with Crippen LogP contribution < -0.4 is 9.46 Å². The van der Waals surface area contributed by atoms with Crippen molar-refractivity contribution in [2.45, 2.75) is 29.8 Å². The van der Waals surface area contributed by atoms with Crippen molar-refractivity contribution in [3.63, 3.8) is 0 Å². The summed E-state index contributed by atoms with van der Waals surface area (Å²) in [6.45, 7) is 3.60. The second-order valence-corrected chi connectivity index (χ2v) is 9.30. The van der Waals surface area contributed by atoms with E-state index in [1.807, 2.05) is 19.1 Å². The lowest BCUT2D eigenvalue weighted by molar-refractivity contribution is 0.394. The van der Waals surface area contributed by atoms with Gasteiger partial charge >= 0.3 is 0 Å². The summed E-state index contributed by atoms with van der Waals surface area (Å²) in [5, 5.41) is 4.17. The van der Waals surface area contributed by atoms with Crippen molar-refractivity contribution in [2.24, 2.45) is 5.11 Å². The largest absolute Gasteiger partial charge is 0.478 e. The predicted molar refractivity (Wildman–Crippen MR) is 118 cm³/mol. The van der Waals surface area contributed by atoms with Crippen LogP contribution in [0.4, 0.5) is 5.82 Å². The Morgan fingerprint density at radius 1 is 1.23 bits per heavy atom. The van der Waals surface area contributed by atoms with Crippen LogP contribution in [-0.4, -0.2) is 36.2 Å². The van der Waals surface area contributed by atoms with Gasteiger partial charge < -0.3 is 4.74 Å². The van der Waals surface area contributed by atoms with E-state index < -0.39 is 10.0 Å². The van der Waals surface area contributed by atoms with E-state index in [0.717, 1.165) is 11.1 Å². The van der Waals surface area contributed by atoms with Crippen LogP contribution in [0.1, 0.15) is 22.7 Å². The third-order valence-corrected chi connectivity index (χ3v) is 7.06. The van der Waals surface area contributed by atoms with Crippen LogP contribution in [0.15, 0.2) is 64.0 Å². The van der Waals surface area contributed by atoms with Gasteiger partial charge in [-0.3, -0.25) is 9.71 Å². The summed E-state index contributed by atoms with van der Waals surface area (Å²) in [7, 11) is -2.47. The van der Waals surface area contributed by atoms with Crippen molar-refractivity contribution in [1.82, 2.24) is 15.0 Å². The molecule has 3 aromatic rings. The van der Waals surface area contributed by atoms with Gasteiger partial charge in [0.05, 0.1) is 18.2 Å².